The molecule has 6 heteroatoms. The van der Waals surface area contributed by atoms with E-state index in [1.165, 1.54) is 6.42 Å². The van der Waals surface area contributed by atoms with E-state index in [9.17, 15) is 14.4 Å². The quantitative estimate of drug-likeness (QED) is 0.707. The Labute approximate surface area is 125 Å². The van der Waals surface area contributed by atoms with E-state index in [0.717, 1.165) is 25.7 Å². The molecule has 0 saturated heterocycles. The highest BCUT2D eigenvalue weighted by Gasteiger charge is 2.24. The predicted molar refractivity (Wildman–Crippen MR) is 78.9 cm³/mol. The molecule has 21 heavy (non-hydrogen) atoms. The van der Waals surface area contributed by atoms with E-state index in [2.05, 4.69) is 5.32 Å². The zero-order valence-electron chi connectivity index (χ0n) is 12.8. The van der Waals surface area contributed by atoms with Crippen molar-refractivity contribution in [1.82, 2.24) is 10.2 Å². The van der Waals surface area contributed by atoms with Crippen molar-refractivity contribution in [1.29, 1.82) is 0 Å². The number of nitrogens with zero attached hydrogens (tertiary/aromatic N) is 1. The number of carbonyl (C=O) groups is 3. The number of carboxylic acid groups (broad SMARTS) is 1. The first-order chi connectivity index (χ1) is 10.0. The Bertz CT molecular complexity index is 365. The first-order valence-corrected chi connectivity index (χ1v) is 7.86. The van der Waals surface area contributed by atoms with E-state index >= 15 is 0 Å². The summed E-state index contributed by atoms with van der Waals surface area (Å²) in [4.78, 5) is 35.9. The van der Waals surface area contributed by atoms with Crippen LogP contribution in [0.5, 0.6) is 0 Å². The van der Waals surface area contributed by atoms with Crippen molar-refractivity contribution in [3.63, 3.8) is 0 Å². The van der Waals surface area contributed by atoms with Gasteiger partial charge < -0.3 is 10.0 Å². The lowest BCUT2D eigenvalue weighted by molar-refractivity contribution is -0.137. The second-order valence-electron chi connectivity index (χ2n) is 5.53. The summed E-state index contributed by atoms with van der Waals surface area (Å²) in [5.41, 5.74) is 0. The monoisotopic (exact) mass is 298 g/mol. The van der Waals surface area contributed by atoms with E-state index in [-0.39, 0.29) is 30.8 Å². The minimum Gasteiger partial charge on any atom is -0.481 e. The Morgan fingerprint density at radius 3 is 2.29 bits per heavy atom. The third-order valence-electron chi connectivity index (χ3n) is 3.91. The summed E-state index contributed by atoms with van der Waals surface area (Å²) in [5.74, 6) is -1.18. The number of hydrogen-bond donors (Lipinski definition) is 2. The molecule has 3 amide bonds. The lowest BCUT2D eigenvalue weighted by atomic mass is 9.94. The molecule has 0 radical (unpaired) electrons. The van der Waals surface area contributed by atoms with Crippen molar-refractivity contribution < 1.29 is 19.5 Å². The lowest BCUT2D eigenvalue weighted by Crippen LogP contribution is -2.48. The summed E-state index contributed by atoms with van der Waals surface area (Å²) < 4.78 is 0. The standard InChI is InChI=1S/C15H26N2O4/c1-2-17(12-8-4-3-5-9-12)15(21)16-13(18)10-6-7-11-14(19)20/h12H,2-11H2,1H3,(H,19,20)(H,16,18,21). The maximum absolute atomic E-state index is 12.1. The van der Waals surface area contributed by atoms with Gasteiger partial charge in [0.25, 0.3) is 0 Å². The summed E-state index contributed by atoms with van der Waals surface area (Å²) in [6.45, 7) is 2.52. The van der Waals surface area contributed by atoms with Gasteiger partial charge in [0.1, 0.15) is 0 Å². The summed E-state index contributed by atoms with van der Waals surface area (Å²) in [5, 5.41) is 10.9. The summed E-state index contributed by atoms with van der Waals surface area (Å²) in [6.07, 6.45) is 6.71. The van der Waals surface area contributed by atoms with Gasteiger partial charge in [-0.2, -0.15) is 0 Å². The van der Waals surface area contributed by atoms with Gasteiger partial charge in [0.2, 0.25) is 5.91 Å². The molecular weight excluding hydrogens is 272 g/mol. The number of urea groups is 1. The predicted octanol–water partition coefficient (Wildman–Crippen LogP) is 2.52. The Kier molecular flexibility index (Phi) is 7.79. The Morgan fingerprint density at radius 2 is 1.71 bits per heavy atom. The molecule has 0 spiro atoms. The van der Waals surface area contributed by atoms with Gasteiger partial charge in [-0.05, 0) is 32.6 Å². The molecule has 1 aliphatic rings. The van der Waals surface area contributed by atoms with Crippen LogP contribution in [-0.2, 0) is 9.59 Å². The van der Waals surface area contributed by atoms with Crippen LogP contribution >= 0.6 is 0 Å². The average molecular weight is 298 g/mol. The fraction of sp³-hybridized carbons (Fsp3) is 0.800. The number of aliphatic carboxylic acids is 1. The van der Waals surface area contributed by atoms with Crippen LogP contribution in [0.25, 0.3) is 0 Å². The third kappa shape index (κ3) is 6.60. The zero-order chi connectivity index (χ0) is 15.7. The van der Waals surface area contributed by atoms with E-state index in [0.29, 0.717) is 19.4 Å². The van der Waals surface area contributed by atoms with Crippen LogP contribution in [-0.4, -0.2) is 40.5 Å². The van der Waals surface area contributed by atoms with Crippen LogP contribution in [0.1, 0.15) is 64.7 Å². The fourth-order valence-corrected chi connectivity index (χ4v) is 2.78. The Hall–Kier alpha value is -1.59. The molecule has 2 N–H and O–H groups in total. The van der Waals surface area contributed by atoms with Crippen molar-refractivity contribution in [3.8, 4) is 0 Å². The maximum atomic E-state index is 12.1. The molecule has 0 aromatic rings. The second kappa shape index (κ2) is 9.37. The molecule has 120 valence electrons. The van der Waals surface area contributed by atoms with Gasteiger partial charge in [-0.25, -0.2) is 4.79 Å². The average Bonchev–Trinajstić information content (AvgIpc) is 2.45. The zero-order valence-corrected chi connectivity index (χ0v) is 12.8. The molecular formula is C15H26N2O4. The van der Waals surface area contributed by atoms with Gasteiger partial charge >= 0.3 is 12.0 Å². The van der Waals surface area contributed by atoms with Crippen molar-refractivity contribution in [2.24, 2.45) is 0 Å². The third-order valence-corrected chi connectivity index (χ3v) is 3.91. The highest BCUT2D eigenvalue weighted by molar-refractivity contribution is 5.94. The number of hydrogen-bond acceptors (Lipinski definition) is 3. The van der Waals surface area contributed by atoms with Crippen LogP contribution in [0.4, 0.5) is 4.79 Å². The van der Waals surface area contributed by atoms with Crippen molar-refractivity contribution in [2.45, 2.75) is 70.8 Å². The molecule has 1 aliphatic carbocycles. The number of imide groups is 1. The van der Waals surface area contributed by atoms with E-state index in [4.69, 9.17) is 5.11 Å². The summed E-state index contributed by atoms with van der Waals surface area (Å²) in [6, 6.07) is -0.0730. The second-order valence-corrected chi connectivity index (χ2v) is 5.53. The summed E-state index contributed by atoms with van der Waals surface area (Å²) in [7, 11) is 0. The molecule has 0 bridgehead atoms. The summed E-state index contributed by atoms with van der Waals surface area (Å²) >= 11 is 0. The molecule has 1 rings (SSSR count). The molecule has 1 saturated carbocycles. The SMILES string of the molecule is CCN(C(=O)NC(=O)CCCCC(=O)O)C1CCCCC1. The van der Waals surface area contributed by atoms with Crippen LogP contribution in [0, 0.1) is 0 Å². The van der Waals surface area contributed by atoms with Crippen LogP contribution in [0.2, 0.25) is 0 Å². The van der Waals surface area contributed by atoms with Crippen molar-refractivity contribution in [2.75, 3.05) is 6.54 Å². The number of nitrogens with one attached hydrogen (secondary N) is 1. The van der Waals surface area contributed by atoms with E-state index < -0.39 is 5.97 Å². The minimum atomic E-state index is -0.860. The van der Waals surface area contributed by atoms with Gasteiger partial charge in [-0.3, -0.25) is 14.9 Å². The molecule has 6 nitrogen and oxygen atoms in total. The smallest absolute Gasteiger partial charge is 0.324 e. The molecule has 0 aromatic heterocycles. The van der Waals surface area contributed by atoms with Gasteiger partial charge in [-0.1, -0.05) is 19.3 Å². The maximum Gasteiger partial charge on any atom is 0.324 e. The molecule has 0 atom stereocenters. The molecule has 1 fully saturated rings. The number of rotatable bonds is 7. The van der Waals surface area contributed by atoms with Gasteiger partial charge in [0.15, 0.2) is 0 Å². The molecule has 0 aliphatic heterocycles. The Morgan fingerprint density at radius 1 is 1.10 bits per heavy atom. The van der Waals surface area contributed by atoms with Gasteiger partial charge in [0, 0.05) is 25.4 Å². The number of carbonyl (C=O) groups excluding carboxylic acids is 2. The number of amides is 3. The van der Waals surface area contributed by atoms with Gasteiger partial charge in [-0.15, -0.1) is 0 Å². The van der Waals surface area contributed by atoms with Crippen LogP contribution in [0.15, 0.2) is 0 Å². The number of carboxylic acids is 1. The fourth-order valence-electron chi connectivity index (χ4n) is 2.78. The first kappa shape index (κ1) is 17.5. The van der Waals surface area contributed by atoms with Crippen LogP contribution < -0.4 is 5.32 Å². The minimum absolute atomic E-state index is 0.0599. The molecule has 0 unspecified atom stereocenters. The topological polar surface area (TPSA) is 86.7 Å². The van der Waals surface area contributed by atoms with E-state index in [1.54, 1.807) is 4.90 Å². The van der Waals surface area contributed by atoms with E-state index in [1.807, 2.05) is 6.92 Å². The first-order valence-electron chi connectivity index (χ1n) is 7.86. The molecule has 0 aromatic carbocycles. The largest absolute Gasteiger partial charge is 0.481 e. The van der Waals surface area contributed by atoms with Crippen LogP contribution in [0.3, 0.4) is 0 Å². The van der Waals surface area contributed by atoms with Crippen molar-refractivity contribution >= 4 is 17.9 Å². The highest BCUT2D eigenvalue weighted by Crippen LogP contribution is 2.22. The lowest BCUT2D eigenvalue weighted by Gasteiger charge is -2.33. The van der Waals surface area contributed by atoms with Crippen molar-refractivity contribution in [3.05, 3.63) is 0 Å². The normalized spacial score (nSPS) is 15.5. The Balaban J connectivity index is 2.31. The van der Waals surface area contributed by atoms with Gasteiger partial charge in [0.05, 0.1) is 0 Å². The molecule has 0 heterocycles. The number of unbranched alkanes of at least 4 members (excludes halogenated alkanes) is 1. The highest BCUT2D eigenvalue weighted by atomic mass is 16.4.